The zero-order chi connectivity index (χ0) is 16.9. The van der Waals surface area contributed by atoms with Gasteiger partial charge in [0.25, 0.3) is 30.4 Å². The Labute approximate surface area is 210 Å². The summed E-state index contributed by atoms with van der Waals surface area (Å²) >= 11 is 0. The van der Waals surface area contributed by atoms with Crippen molar-refractivity contribution >= 4 is 130 Å². The third-order valence-corrected chi connectivity index (χ3v) is 5.31. The number of hydrogen-bond acceptors (Lipinski definition) is 6. The quantitative estimate of drug-likeness (QED) is 0.386. The van der Waals surface area contributed by atoms with Gasteiger partial charge in [-0.15, -0.1) is 0 Å². The zero-order valence-electron chi connectivity index (χ0n) is 10.4. The molecule has 15 heteroatoms. The van der Waals surface area contributed by atoms with Gasteiger partial charge in [-0.25, -0.2) is 0 Å². The van der Waals surface area contributed by atoms with Crippen molar-refractivity contribution in [3.05, 3.63) is 30.3 Å². The zero-order valence-corrected chi connectivity index (χ0v) is 12.9. The van der Waals surface area contributed by atoms with Gasteiger partial charge >= 0.3 is 88.7 Å². The maximum atomic E-state index is 11.3. The minimum absolute atomic E-state index is 0. The van der Waals surface area contributed by atoms with Crippen LogP contribution in [0.3, 0.4) is 0 Å². The molecule has 25 heavy (non-hydrogen) atoms. The summed E-state index contributed by atoms with van der Waals surface area (Å²) in [5.41, 5.74) is 0. The average molecular weight is 440 g/mol. The average Bonchev–Trinajstić information content (AvgIpc) is 2.33. The van der Waals surface area contributed by atoms with Gasteiger partial charge in [0.05, 0.1) is 9.79 Å². The van der Waals surface area contributed by atoms with Crippen molar-refractivity contribution in [2.45, 2.75) is 14.7 Å². The van der Waals surface area contributed by atoms with Crippen molar-refractivity contribution in [2.24, 2.45) is 0 Å². The minimum atomic E-state index is -4.85. The molecule has 126 valence electrons. The number of rotatable bonds is 3. The Balaban J connectivity index is 0. The molecule has 9 nitrogen and oxygen atoms in total. The fourth-order valence-corrected chi connectivity index (χ4v) is 3.68. The van der Waals surface area contributed by atoms with Crippen molar-refractivity contribution < 1.29 is 38.9 Å². The first-order valence-electron chi connectivity index (χ1n) is 5.30. The van der Waals surface area contributed by atoms with Gasteiger partial charge in [0.1, 0.15) is 4.90 Å². The van der Waals surface area contributed by atoms with Gasteiger partial charge in [0, 0.05) is 5.39 Å². The van der Waals surface area contributed by atoms with E-state index in [9.17, 15) is 25.3 Å². The maximum absolute atomic E-state index is 11.3. The third kappa shape index (κ3) is 7.07. The van der Waals surface area contributed by atoms with Crippen molar-refractivity contribution in [1.29, 1.82) is 0 Å². The van der Waals surface area contributed by atoms with Crippen LogP contribution < -0.4 is 0 Å². The SMILES string of the molecule is O=S(=O)(O)c1ccc2c(S(=O)(=O)O)cc(S(=O)(=O)O)cc2c1.[NaH].[NaH].[NaH]. The summed E-state index contributed by atoms with van der Waals surface area (Å²) in [7, 11) is -14.3. The van der Waals surface area contributed by atoms with Crippen LogP contribution in [-0.4, -0.2) is 128 Å². The topological polar surface area (TPSA) is 163 Å². The van der Waals surface area contributed by atoms with Crippen LogP contribution in [0.2, 0.25) is 0 Å². The molecular formula is C10H11Na3O9S3. The van der Waals surface area contributed by atoms with E-state index >= 15 is 0 Å². The molecule has 0 saturated carbocycles. The molecule has 0 unspecified atom stereocenters. The first-order valence-corrected chi connectivity index (χ1v) is 9.62. The first-order chi connectivity index (χ1) is 9.80. The van der Waals surface area contributed by atoms with Crippen molar-refractivity contribution in [3.8, 4) is 0 Å². The van der Waals surface area contributed by atoms with E-state index in [0.29, 0.717) is 6.07 Å². The van der Waals surface area contributed by atoms with Crippen LogP contribution >= 0.6 is 0 Å². The Hall–Kier alpha value is 1.43. The molecule has 2 aromatic carbocycles. The van der Waals surface area contributed by atoms with E-state index in [0.717, 1.165) is 24.3 Å². The van der Waals surface area contributed by atoms with Crippen molar-refractivity contribution in [2.75, 3.05) is 0 Å². The molecule has 0 atom stereocenters. The van der Waals surface area contributed by atoms with Gasteiger partial charge < -0.3 is 0 Å². The molecule has 0 spiro atoms. The van der Waals surface area contributed by atoms with Gasteiger partial charge in [-0.05, 0) is 29.7 Å². The molecule has 0 fully saturated rings. The summed E-state index contributed by atoms with van der Waals surface area (Å²) in [6.45, 7) is 0. The Bertz CT molecular complexity index is 1090. The van der Waals surface area contributed by atoms with Crippen LogP contribution in [0.4, 0.5) is 0 Å². The summed E-state index contributed by atoms with van der Waals surface area (Å²) in [5.74, 6) is 0. The molecule has 0 aromatic heterocycles. The van der Waals surface area contributed by atoms with E-state index in [-0.39, 0.29) is 99.4 Å². The summed E-state index contributed by atoms with van der Waals surface area (Å²) in [6, 6.07) is 3.97. The van der Waals surface area contributed by atoms with E-state index in [4.69, 9.17) is 13.7 Å². The second-order valence-corrected chi connectivity index (χ2v) is 8.46. The first kappa shape index (κ1) is 28.6. The monoisotopic (exact) mass is 440 g/mol. The molecule has 0 heterocycles. The van der Waals surface area contributed by atoms with Crippen molar-refractivity contribution in [1.82, 2.24) is 0 Å². The molecule has 0 amide bonds. The summed E-state index contributed by atoms with van der Waals surface area (Å²) in [4.78, 5) is -2.31. The van der Waals surface area contributed by atoms with Gasteiger partial charge in [-0.2, -0.15) is 25.3 Å². The summed E-state index contributed by atoms with van der Waals surface area (Å²) < 4.78 is 94.1. The molecule has 2 rings (SSSR count). The molecule has 3 N–H and O–H groups in total. The third-order valence-electron chi connectivity index (χ3n) is 2.73. The van der Waals surface area contributed by atoms with Crippen LogP contribution in [-0.2, 0) is 30.4 Å². The molecule has 0 radical (unpaired) electrons. The Kier molecular flexibility index (Phi) is 11.2. The summed E-state index contributed by atoms with van der Waals surface area (Å²) in [5, 5.41) is -0.430. The molecule has 0 aliphatic heterocycles. The van der Waals surface area contributed by atoms with E-state index < -0.39 is 45.0 Å². The number of hydrogen-bond donors (Lipinski definition) is 3. The van der Waals surface area contributed by atoms with Crippen LogP contribution in [0.1, 0.15) is 0 Å². The Morgan fingerprint density at radius 3 is 1.44 bits per heavy atom. The second-order valence-electron chi connectivity index (χ2n) is 4.23. The van der Waals surface area contributed by atoms with Gasteiger partial charge in [-0.3, -0.25) is 13.7 Å². The van der Waals surface area contributed by atoms with E-state index in [1.807, 2.05) is 0 Å². The molecule has 0 bridgehead atoms. The van der Waals surface area contributed by atoms with Gasteiger partial charge in [-0.1, -0.05) is 6.07 Å². The Morgan fingerprint density at radius 1 is 0.600 bits per heavy atom. The molecule has 0 aliphatic rings. The number of fused-ring (bicyclic) bond motifs is 1. The fraction of sp³-hybridized carbons (Fsp3) is 0. The van der Waals surface area contributed by atoms with Crippen LogP contribution in [0, 0.1) is 0 Å². The fourth-order valence-electron chi connectivity index (χ4n) is 1.81. The Morgan fingerprint density at radius 2 is 1.04 bits per heavy atom. The van der Waals surface area contributed by atoms with Crippen LogP contribution in [0.5, 0.6) is 0 Å². The number of benzene rings is 2. The molecule has 0 aliphatic carbocycles. The van der Waals surface area contributed by atoms with E-state index in [2.05, 4.69) is 0 Å². The van der Waals surface area contributed by atoms with Crippen molar-refractivity contribution in [3.63, 3.8) is 0 Å². The molecule has 0 saturated heterocycles. The van der Waals surface area contributed by atoms with E-state index in [1.165, 1.54) is 0 Å². The standard InChI is InChI=1S/C10H8O9S3.3Na.3H/c11-20(12,13)7-1-2-9-6(3-7)4-8(21(14,15)16)5-10(9)22(17,18)19;;;;;;/h1-5H,(H,11,12,13)(H,14,15,16)(H,17,18,19);;;;;;. The predicted molar refractivity (Wildman–Crippen MR) is 94.8 cm³/mol. The molecule has 2 aromatic rings. The van der Waals surface area contributed by atoms with Crippen LogP contribution in [0.25, 0.3) is 10.8 Å². The summed E-state index contributed by atoms with van der Waals surface area (Å²) in [6.07, 6.45) is 0. The van der Waals surface area contributed by atoms with Gasteiger partial charge in [0.15, 0.2) is 0 Å². The van der Waals surface area contributed by atoms with Crippen LogP contribution in [0.15, 0.2) is 45.0 Å². The van der Waals surface area contributed by atoms with Gasteiger partial charge in [0.2, 0.25) is 0 Å². The second kappa shape index (κ2) is 9.76. The molecular weight excluding hydrogens is 429 g/mol. The van der Waals surface area contributed by atoms with E-state index in [1.54, 1.807) is 0 Å². The predicted octanol–water partition coefficient (Wildman–Crippen LogP) is -1.37. The normalized spacial score (nSPS) is 11.8.